The largest absolute Gasteiger partial charge is 0.456 e. The zero-order valence-corrected chi connectivity index (χ0v) is 39.4. The molecule has 318 valence electrons. The van der Waals surface area contributed by atoms with Gasteiger partial charge in [0, 0.05) is 59.5 Å². The Kier molecular flexibility index (Phi) is 8.65. The molecule has 10 aromatic rings. The average molecular weight is 863 g/mol. The summed E-state index contributed by atoms with van der Waals surface area (Å²) in [6, 6.07) is 53.7. The van der Waals surface area contributed by atoms with E-state index in [0.29, 0.717) is 0 Å². The van der Waals surface area contributed by atoms with Gasteiger partial charge in [0.05, 0.1) is 11.4 Å². The van der Waals surface area contributed by atoms with Crippen LogP contribution in [0.4, 0.5) is 34.1 Å². The summed E-state index contributed by atoms with van der Waals surface area (Å²) in [4.78, 5) is 5.15. The Morgan fingerprint density at radius 1 is 0.508 bits per heavy atom. The first-order valence-electron chi connectivity index (χ1n) is 22.8. The maximum absolute atomic E-state index is 6.59. The van der Waals surface area contributed by atoms with Crippen molar-refractivity contribution in [3.05, 3.63) is 173 Å². The highest BCUT2D eigenvalue weighted by Gasteiger charge is 2.46. The standard InChI is InChI=1S/C59H51BN2O2S/c1-34-26-47-54-48(27-34)62(55-35(2)28-42(29-36(55)3)59(7,8)9)56-44-33-41(58(4,5)6)21-25-53(44)65-57(56)60(54)45-30-40(52-32-39-15-11-13-17-50(39)64-52)20-24-46(45)61(47)43-22-18-37(19-23-43)51-31-38-14-10-12-16-49(38)63-51/h10-33H,1-9H3. The van der Waals surface area contributed by atoms with E-state index >= 15 is 0 Å². The molecule has 0 fully saturated rings. The molecular weight excluding hydrogens is 812 g/mol. The molecule has 0 amide bonds. The van der Waals surface area contributed by atoms with Gasteiger partial charge in [-0.2, -0.15) is 0 Å². The highest BCUT2D eigenvalue weighted by atomic mass is 32.1. The second-order valence-corrected chi connectivity index (χ2v) is 21.5. The Balaban J connectivity index is 1.14. The van der Waals surface area contributed by atoms with Gasteiger partial charge >= 0.3 is 0 Å². The van der Waals surface area contributed by atoms with Gasteiger partial charge in [0.2, 0.25) is 0 Å². The SMILES string of the molecule is Cc1cc2c3c(c1)N(c1c(C)cc(C(C)(C)C)cc1C)c1c(sc4ccc(C(C)(C)C)cc14)B3c1cc(-c3cc4ccccc4o3)ccc1N2c1ccc(-c2cc3ccccc3o2)cc1. The van der Waals surface area contributed by atoms with Crippen LogP contribution in [0.3, 0.4) is 0 Å². The zero-order chi connectivity index (χ0) is 44.7. The molecule has 0 atom stereocenters. The fourth-order valence-corrected chi connectivity index (χ4v) is 11.8. The average Bonchev–Trinajstić information content (AvgIpc) is 4.01. The van der Waals surface area contributed by atoms with Crippen LogP contribution in [0.5, 0.6) is 0 Å². The molecule has 4 nitrogen and oxygen atoms in total. The summed E-state index contributed by atoms with van der Waals surface area (Å²) < 4.78 is 15.6. The van der Waals surface area contributed by atoms with Crippen molar-refractivity contribution in [2.24, 2.45) is 0 Å². The van der Waals surface area contributed by atoms with Crippen LogP contribution in [0.2, 0.25) is 0 Å². The van der Waals surface area contributed by atoms with Crippen molar-refractivity contribution < 1.29 is 8.83 Å². The lowest BCUT2D eigenvalue weighted by Gasteiger charge is -2.44. The van der Waals surface area contributed by atoms with Gasteiger partial charge < -0.3 is 18.6 Å². The summed E-state index contributed by atoms with van der Waals surface area (Å²) in [5.41, 5.74) is 20.2. The first kappa shape index (κ1) is 39.8. The first-order valence-corrected chi connectivity index (χ1v) is 23.7. The molecule has 0 N–H and O–H groups in total. The van der Waals surface area contributed by atoms with E-state index in [1.54, 1.807) is 0 Å². The first-order chi connectivity index (χ1) is 31.2. The Morgan fingerprint density at radius 2 is 1.09 bits per heavy atom. The van der Waals surface area contributed by atoms with E-state index in [4.69, 9.17) is 8.83 Å². The second kappa shape index (κ2) is 14.1. The van der Waals surface area contributed by atoms with Crippen LogP contribution in [0, 0.1) is 20.8 Å². The number of benzene rings is 7. The van der Waals surface area contributed by atoms with Gasteiger partial charge in [0.1, 0.15) is 22.7 Å². The van der Waals surface area contributed by atoms with Crippen molar-refractivity contribution in [2.75, 3.05) is 9.80 Å². The van der Waals surface area contributed by atoms with Crippen LogP contribution in [0.25, 0.3) is 54.7 Å². The minimum Gasteiger partial charge on any atom is -0.456 e. The summed E-state index contributed by atoms with van der Waals surface area (Å²) in [6.07, 6.45) is 0. The van der Waals surface area contributed by atoms with Gasteiger partial charge in [-0.3, -0.25) is 0 Å². The molecule has 0 saturated carbocycles. The number of rotatable bonds is 4. The molecule has 0 unspecified atom stereocenters. The highest BCUT2D eigenvalue weighted by molar-refractivity contribution is 7.33. The number of para-hydroxylation sites is 2. The Hall–Kier alpha value is -6.76. The molecule has 2 aliphatic rings. The minimum atomic E-state index is -0.0257. The summed E-state index contributed by atoms with van der Waals surface area (Å²) in [7, 11) is 0. The van der Waals surface area contributed by atoms with E-state index in [0.717, 1.165) is 50.3 Å². The number of aryl methyl sites for hydroxylation is 3. The van der Waals surface area contributed by atoms with Crippen molar-refractivity contribution in [2.45, 2.75) is 73.1 Å². The normalized spacial score (nSPS) is 13.5. The quantitative estimate of drug-likeness (QED) is 0.165. The Labute approximate surface area is 385 Å². The van der Waals surface area contributed by atoms with Gasteiger partial charge in [-0.15, -0.1) is 11.3 Å². The topological polar surface area (TPSA) is 32.8 Å². The van der Waals surface area contributed by atoms with Crippen LogP contribution in [-0.4, -0.2) is 6.71 Å². The molecule has 0 bridgehead atoms. The summed E-state index contributed by atoms with van der Waals surface area (Å²) in [5.74, 6) is 1.74. The molecule has 65 heavy (non-hydrogen) atoms. The van der Waals surface area contributed by atoms with Gasteiger partial charge in [0.25, 0.3) is 6.71 Å². The highest BCUT2D eigenvalue weighted by Crippen LogP contribution is 2.51. The lowest BCUT2D eigenvalue weighted by Crippen LogP contribution is -2.60. The van der Waals surface area contributed by atoms with Crippen LogP contribution < -0.4 is 25.5 Å². The molecule has 3 aromatic heterocycles. The number of fused-ring (bicyclic) bond motifs is 8. The number of thiophene rings is 1. The fraction of sp³-hybridized carbons (Fsp3) is 0.186. The van der Waals surface area contributed by atoms with Gasteiger partial charge in [-0.1, -0.05) is 102 Å². The maximum Gasteiger partial charge on any atom is 0.264 e. The van der Waals surface area contributed by atoms with Crippen molar-refractivity contribution >= 4 is 99.9 Å². The molecule has 0 aliphatic carbocycles. The van der Waals surface area contributed by atoms with E-state index in [-0.39, 0.29) is 17.5 Å². The van der Waals surface area contributed by atoms with E-state index < -0.39 is 0 Å². The van der Waals surface area contributed by atoms with Crippen LogP contribution in [0.1, 0.15) is 69.4 Å². The van der Waals surface area contributed by atoms with Crippen molar-refractivity contribution in [1.82, 2.24) is 0 Å². The van der Waals surface area contributed by atoms with Crippen LogP contribution in [-0.2, 0) is 10.8 Å². The molecule has 0 spiro atoms. The van der Waals surface area contributed by atoms with Crippen LogP contribution in [0.15, 0.2) is 154 Å². The molecule has 2 aliphatic heterocycles. The van der Waals surface area contributed by atoms with Crippen molar-refractivity contribution in [3.63, 3.8) is 0 Å². The second-order valence-electron chi connectivity index (χ2n) is 20.4. The number of anilines is 6. The molecule has 6 heteroatoms. The summed E-state index contributed by atoms with van der Waals surface area (Å²) >= 11 is 1.95. The monoisotopic (exact) mass is 862 g/mol. The van der Waals surface area contributed by atoms with Gasteiger partial charge in [-0.05, 0) is 155 Å². The fourth-order valence-electron chi connectivity index (χ4n) is 10.5. The molecular formula is C59H51BN2O2S. The molecule has 0 radical (unpaired) electrons. The van der Waals surface area contributed by atoms with E-state index in [2.05, 4.69) is 200 Å². The van der Waals surface area contributed by atoms with E-state index in [1.807, 2.05) is 29.5 Å². The third-order valence-corrected chi connectivity index (χ3v) is 15.0. The van der Waals surface area contributed by atoms with Gasteiger partial charge in [0.15, 0.2) is 0 Å². The van der Waals surface area contributed by atoms with Crippen LogP contribution >= 0.6 is 11.3 Å². The summed E-state index contributed by atoms with van der Waals surface area (Å²) in [5, 5.41) is 3.52. The predicted molar refractivity (Wildman–Crippen MR) is 278 cm³/mol. The third-order valence-electron chi connectivity index (χ3n) is 13.8. The molecule has 0 saturated heterocycles. The number of furan rings is 2. The smallest absolute Gasteiger partial charge is 0.264 e. The predicted octanol–water partition coefficient (Wildman–Crippen LogP) is 15.3. The van der Waals surface area contributed by atoms with E-state index in [1.165, 1.54) is 82.0 Å². The third kappa shape index (κ3) is 6.25. The zero-order valence-electron chi connectivity index (χ0n) is 38.6. The Bertz CT molecular complexity index is 3490. The molecule has 5 heterocycles. The van der Waals surface area contributed by atoms with Crippen molar-refractivity contribution in [3.8, 4) is 22.6 Å². The number of hydrogen-bond acceptors (Lipinski definition) is 5. The summed E-state index contributed by atoms with van der Waals surface area (Å²) in [6.45, 7) is 20.8. The lowest BCUT2D eigenvalue weighted by atomic mass is 9.36. The minimum absolute atomic E-state index is 0.0102. The number of hydrogen-bond donors (Lipinski definition) is 0. The van der Waals surface area contributed by atoms with E-state index in [9.17, 15) is 0 Å². The van der Waals surface area contributed by atoms with Crippen molar-refractivity contribution in [1.29, 1.82) is 0 Å². The van der Waals surface area contributed by atoms with Gasteiger partial charge in [-0.25, -0.2) is 0 Å². The lowest BCUT2D eigenvalue weighted by molar-refractivity contribution is 0.589. The molecule has 12 rings (SSSR count). The number of nitrogens with zero attached hydrogens (tertiary/aromatic N) is 2. The maximum atomic E-state index is 6.59. The molecule has 7 aromatic carbocycles. The Morgan fingerprint density at radius 3 is 1.71 bits per heavy atom.